The largest absolute Gasteiger partial charge is 0.489 e. The lowest BCUT2D eigenvalue weighted by molar-refractivity contribution is -0.137. The number of hydrogen-bond donors (Lipinski definition) is 1. The van der Waals surface area contributed by atoms with E-state index in [0.717, 1.165) is 41.5 Å². The molecule has 0 atom stereocenters. The molecule has 29 heavy (non-hydrogen) atoms. The van der Waals surface area contributed by atoms with E-state index in [1.807, 2.05) is 30.3 Å². The number of benzene rings is 3. The van der Waals surface area contributed by atoms with Gasteiger partial charge in [-0.3, -0.25) is 4.79 Å². The Labute approximate surface area is 169 Å². The summed E-state index contributed by atoms with van der Waals surface area (Å²) in [6.07, 6.45) is 3.75. The summed E-state index contributed by atoms with van der Waals surface area (Å²) in [6.45, 7) is 0.280. The Morgan fingerprint density at radius 1 is 0.966 bits per heavy atom. The molecule has 0 spiro atoms. The fourth-order valence-electron chi connectivity index (χ4n) is 3.68. The maximum atomic E-state index is 13.9. The van der Waals surface area contributed by atoms with Crippen molar-refractivity contribution in [1.82, 2.24) is 0 Å². The SMILES string of the molecule is O=C(O)CCCc1ccc(OCc2cc(F)ccc2-c2ccc3c(c2)CC3)cc1. The number of rotatable bonds is 8. The van der Waals surface area contributed by atoms with E-state index >= 15 is 0 Å². The van der Waals surface area contributed by atoms with Crippen LogP contribution in [0.15, 0.2) is 60.7 Å². The maximum absolute atomic E-state index is 13.9. The molecule has 0 radical (unpaired) electrons. The molecule has 0 fully saturated rings. The average molecular weight is 390 g/mol. The molecule has 0 bridgehead atoms. The second-order valence-corrected chi connectivity index (χ2v) is 7.46. The predicted octanol–water partition coefficient (Wildman–Crippen LogP) is 5.58. The zero-order valence-electron chi connectivity index (χ0n) is 16.2. The Morgan fingerprint density at radius 3 is 2.45 bits per heavy atom. The van der Waals surface area contributed by atoms with E-state index in [1.54, 1.807) is 0 Å². The Hall–Kier alpha value is -3.14. The number of aliphatic carboxylic acids is 1. The van der Waals surface area contributed by atoms with Crippen LogP contribution in [0, 0.1) is 5.82 Å². The molecule has 3 aromatic carbocycles. The van der Waals surface area contributed by atoms with Crippen molar-refractivity contribution in [3.05, 3.63) is 88.7 Å². The van der Waals surface area contributed by atoms with Gasteiger partial charge in [0, 0.05) is 6.42 Å². The molecule has 0 heterocycles. The minimum absolute atomic E-state index is 0.170. The summed E-state index contributed by atoms with van der Waals surface area (Å²) in [5.41, 5.74) is 6.75. The Bertz CT molecular complexity index is 1020. The first-order chi connectivity index (χ1) is 14.1. The lowest BCUT2D eigenvalue weighted by atomic mass is 9.85. The number of aryl methyl sites for hydroxylation is 3. The highest BCUT2D eigenvalue weighted by molar-refractivity contribution is 5.69. The van der Waals surface area contributed by atoms with Crippen LogP contribution in [-0.2, 0) is 30.7 Å². The number of carbonyl (C=O) groups is 1. The molecule has 3 nitrogen and oxygen atoms in total. The molecule has 4 rings (SSSR count). The van der Waals surface area contributed by atoms with Crippen LogP contribution in [0.3, 0.4) is 0 Å². The maximum Gasteiger partial charge on any atom is 0.303 e. The van der Waals surface area contributed by atoms with E-state index in [4.69, 9.17) is 9.84 Å². The second-order valence-electron chi connectivity index (χ2n) is 7.46. The molecule has 0 unspecified atom stereocenters. The topological polar surface area (TPSA) is 46.5 Å². The molecule has 1 aliphatic rings. The molecule has 3 aromatic rings. The van der Waals surface area contributed by atoms with Crippen molar-refractivity contribution in [2.75, 3.05) is 0 Å². The van der Waals surface area contributed by atoms with Crippen LogP contribution in [-0.4, -0.2) is 11.1 Å². The van der Waals surface area contributed by atoms with Crippen LogP contribution in [0.25, 0.3) is 11.1 Å². The highest BCUT2D eigenvalue weighted by atomic mass is 19.1. The first-order valence-electron chi connectivity index (χ1n) is 9.92. The summed E-state index contributed by atoms with van der Waals surface area (Å²) < 4.78 is 19.8. The smallest absolute Gasteiger partial charge is 0.303 e. The van der Waals surface area contributed by atoms with Gasteiger partial charge in [-0.1, -0.05) is 36.4 Å². The molecule has 0 saturated carbocycles. The summed E-state index contributed by atoms with van der Waals surface area (Å²) in [6, 6.07) is 18.9. The van der Waals surface area contributed by atoms with Crippen LogP contribution in [0.2, 0.25) is 0 Å². The van der Waals surface area contributed by atoms with Crippen molar-refractivity contribution < 1.29 is 19.0 Å². The third kappa shape index (κ3) is 4.65. The van der Waals surface area contributed by atoms with Gasteiger partial charge in [0.05, 0.1) is 0 Å². The van der Waals surface area contributed by atoms with Gasteiger partial charge in [0.1, 0.15) is 18.2 Å². The fraction of sp³-hybridized carbons (Fsp3) is 0.240. The minimum Gasteiger partial charge on any atom is -0.489 e. The van der Waals surface area contributed by atoms with Crippen molar-refractivity contribution in [3.63, 3.8) is 0 Å². The van der Waals surface area contributed by atoms with Gasteiger partial charge >= 0.3 is 5.97 Å². The van der Waals surface area contributed by atoms with E-state index in [9.17, 15) is 9.18 Å². The van der Waals surface area contributed by atoms with Gasteiger partial charge in [-0.05, 0) is 83.3 Å². The lowest BCUT2D eigenvalue weighted by Gasteiger charge is -2.20. The first-order valence-corrected chi connectivity index (χ1v) is 9.92. The standard InChI is InChI=1S/C25H23FO3/c26-22-10-13-24(20-9-7-18-6-8-19(18)14-20)21(15-22)16-29-23-11-4-17(5-12-23)2-1-3-25(27)28/h4-5,7,9-15H,1-3,6,8,16H2,(H,27,28). The Morgan fingerprint density at radius 2 is 1.76 bits per heavy atom. The molecule has 4 heteroatoms. The van der Waals surface area contributed by atoms with Gasteiger partial charge in [0.25, 0.3) is 0 Å². The summed E-state index contributed by atoms with van der Waals surface area (Å²) in [4.78, 5) is 10.6. The van der Waals surface area contributed by atoms with Gasteiger partial charge in [-0.15, -0.1) is 0 Å². The van der Waals surface area contributed by atoms with Gasteiger partial charge < -0.3 is 9.84 Å². The van der Waals surface area contributed by atoms with E-state index < -0.39 is 5.97 Å². The Kier molecular flexibility index (Phi) is 5.61. The Balaban J connectivity index is 1.45. The monoisotopic (exact) mass is 390 g/mol. The summed E-state index contributed by atoms with van der Waals surface area (Å²) in [5.74, 6) is -0.340. The number of ether oxygens (including phenoxy) is 1. The zero-order valence-corrected chi connectivity index (χ0v) is 16.2. The van der Waals surface area contributed by atoms with Gasteiger partial charge in [-0.25, -0.2) is 4.39 Å². The van der Waals surface area contributed by atoms with Crippen molar-refractivity contribution in [3.8, 4) is 16.9 Å². The van der Waals surface area contributed by atoms with Crippen LogP contribution < -0.4 is 4.74 Å². The molecule has 1 aliphatic carbocycles. The van der Waals surface area contributed by atoms with Crippen LogP contribution >= 0.6 is 0 Å². The molecule has 1 N–H and O–H groups in total. The minimum atomic E-state index is -0.774. The van der Waals surface area contributed by atoms with Gasteiger partial charge in [0.15, 0.2) is 0 Å². The number of carboxylic acid groups (broad SMARTS) is 1. The first kappa shape index (κ1) is 19.2. The van der Waals surface area contributed by atoms with Crippen molar-refractivity contribution >= 4 is 5.97 Å². The third-order valence-electron chi connectivity index (χ3n) is 5.42. The molecule has 0 saturated heterocycles. The normalized spacial score (nSPS) is 12.2. The highest BCUT2D eigenvalue weighted by Gasteiger charge is 2.15. The van der Waals surface area contributed by atoms with Crippen molar-refractivity contribution in [2.24, 2.45) is 0 Å². The molecular weight excluding hydrogens is 367 g/mol. The van der Waals surface area contributed by atoms with Crippen LogP contribution in [0.1, 0.15) is 35.1 Å². The van der Waals surface area contributed by atoms with Crippen molar-refractivity contribution in [1.29, 1.82) is 0 Å². The summed E-state index contributed by atoms with van der Waals surface area (Å²) >= 11 is 0. The molecule has 0 amide bonds. The molecular formula is C25H23FO3. The van der Waals surface area contributed by atoms with Crippen LogP contribution in [0.4, 0.5) is 4.39 Å². The number of fused-ring (bicyclic) bond motifs is 1. The third-order valence-corrected chi connectivity index (χ3v) is 5.42. The second kappa shape index (κ2) is 8.48. The molecule has 0 aliphatic heterocycles. The average Bonchev–Trinajstić information content (AvgIpc) is 2.68. The molecule has 148 valence electrons. The van der Waals surface area contributed by atoms with Crippen molar-refractivity contribution in [2.45, 2.75) is 38.7 Å². The number of carboxylic acids is 1. The quantitative estimate of drug-likeness (QED) is 0.546. The lowest BCUT2D eigenvalue weighted by Crippen LogP contribution is -2.08. The van der Waals surface area contributed by atoms with E-state index in [1.165, 1.54) is 23.3 Å². The van der Waals surface area contributed by atoms with Crippen LogP contribution in [0.5, 0.6) is 5.75 Å². The number of hydrogen-bond acceptors (Lipinski definition) is 2. The summed E-state index contributed by atoms with van der Waals surface area (Å²) in [7, 11) is 0. The van der Waals surface area contributed by atoms with E-state index in [0.29, 0.717) is 12.2 Å². The van der Waals surface area contributed by atoms with Gasteiger partial charge in [0.2, 0.25) is 0 Å². The predicted molar refractivity (Wildman–Crippen MR) is 111 cm³/mol. The van der Waals surface area contributed by atoms with E-state index in [-0.39, 0.29) is 18.8 Å². The van der Waals surface area contributed by atoms with Gasteiger partial charge in [-0.2, -0.15) is 0 Å². The fourth-order valence-corrected chi connectivity index (χ4v) is 3.68. The molecule has 0 aromatic heterocycles. The number of halogens is 1. The zero-order chi connectivity index (χ0) is 20.2. The van der Waals surface area contributed by atoms with E-state index in [2.05, 4.69) is 18.2 Å². The highest BCUT2D eigenvalue weighted by Crippen LogP contribution is 2.31. The summed E-state index contributed by atoms with van der Waals surface area (Å²) in [5, 5.41) is 8.72.